The predicted octanol–water partition coefficient (Wildman–Crippen LogP) is 25.0. The van der Waals surface area contributed by atoms with E-state index in [4.69, 9.17) is 4.42 Å². The molecule has 486 valence electrons. The molecule has 0 fully saturated rings. The maximum Gasteiger partial charge on any atom is 0.252 e. The zero-order valence-electron chi connectivity index (χ0n) is 59.1. The lowest BCUT2D eigenvalue weighted by molar-refractivity contribution is 0.590. The molecular weight excluding hydrogens is 1230 g/mol. The molecule has 5 heterocycles. The quantitative estimate of drug-likeness (QED) is 0.149. The number of hydrogen-bond acceptors (Lipinski definition) is 4. The van der Waals surface area contributed by atoms with Gasteiger partial charge in [-0.05, 0) is 143 Å². The second-order valence-corrected chi connectivity index (χ2v) is 33.2. The van der Waals surface area contributed by atoms with Crippen LogP contribution < -0.4 is 26.2 Å². The SMILES string of the molecule is CC(C)(C)c1cccc(-c2cccc(-c3cccc(C(C)(C)C)c3)c2N2c3ccc(-n4c5ccccc5c5ccccc54)cc3B3c4cc5sc6ccccc6c5cc4N(c4c(-c5cccc(C(C)(C)C)c5)cccc4-c4cccc(C(C)(C)C)c4)c4c3c2cc2c4oc3ccccc32)c1. The molecule has 13 aromatic carbocycles. The van der Waals surface area contributed by atoms with E-state index in [1.54, 1.807) is 0 Å². The molecule has 18 rings (SSSR count). The van der Waals surface area contributed by atoms with E-state index in [9.17, 15) is 0 Å². The van der Waals surface area contributed by atoms with E-state index >= 15 is 0 Å². The molecule has 0 aliphatic carbocycles. The van der Waals surface area contributed by atoms with Gasteiger partial charge in [0.05, 0.1) is 28.1 Å². The van der Waals surface area contributed by atoms with Crippen LogP contribution >= 0.6 is 11.3 Å². The number of anilines is 6. The van der Waals surface area contributed by atoms with Gasteiger partial charge in [0, 0.05) is 86.7 Å². The maximum absolute atomic E-state index is 7.77. The summed E-state index contributed by atoms with van der Waals surface area (Å²) in [6, 6.07) is 102. The van der Waals surface area contributed by atoms with Gasteiger partial charge in [-0.2, -0.15) is 0 Å². The van der Waals surface area contributed by atoms with Crippen LogP contribution in [0.25, 0.3) is 114 Å². The van der Waals surface area contributed by atoms with Gasteiger partial charge in [0.15, 0.2) is 5.58 Å². The van der Waals surface area contributed by atoms with Crippen LogP contribution in [0.5, 0.6) is 0 Å². The number of hydrogen-bond donors (Lipinski definition) is 0. The van der Waals surface area contributed by atoms with Crippen LogP contribution in [0.15, 0.2) is 271 Å². The van der Waals surface area contributed by atoms with Gasteiger partial charge >= 0.3 is 0 Å². The largest absolute Gasteiger partial charge is 0.454 e. The number of aromatic nitrogens is 1. The van der Waals surface area contributed by atoms with E-state index in [-0.39, 0.29) is 28.4 Å². The number of para-hydroxylation sites is 5. The van der Waals surface area contributed by atoms with Crippen LogP contribution in [0.3, 0.4) is 0 Å². The van der Waals surface area contributed by atoms with Gasteiger partial charge in [-0.3, -0.25) is 0 Å². The van der Waals surface area contributed by atoms with Crippen LogP contribution in [0.2, 0.25) is 0 Å². The van der Waals surface area contributed by atoms with Crippen molar-refractivity contribution in [3.63, 3.8) is 0 Å². The molecule has 0 spiro atoms. The van der Waals surface area contributed by atoms with E-state index in [1.165, 1.54) is 91.7 Å². The standard InChI is InChI=1S/C94H80BN3OS/c1-91(2,3)61-31-21-27-57(49-61)66-39-25-40-67(58-28-22-32-62(50-58)92(4,5)6)87(66)97-80-48-47-65(96-78-43-17-13-35-70(78)71-36-14-18-44-79(71)96)53-76(80)95-77-56-85-74(73-38-16-20-46-84(73)100-85)54-81(77)98(89-86(95)82(97)55-75-72-37-15-19-45-83(72)99-90(75)89)88-68(59-29-23-33-63(51-59)93(7,8)9)41-26-42-69(88)60-30-24-34-64(52-60)94(10,11)12/h13-56H,1-12H3. The summed E-state index contributed by atoms with van der Waals surface area (Å²) in [4.78, 5) is 5.40. The lowest BCUT2D eigenvalue weighted by atomic mass is 9.33. The van der Waals surface area contributed by atoms with E-state index in [1.807, 2.05) is 11.3 Å². The Hall–Kier alpha value is -10.7. The van der Waals surface area contributed by atoms with Crippen molar-refractivity contribution < 1.29 is 4.42 Å². The molecule has 0 radical (unpaired) electrons. The Morgan fingerprint density at radius 2 is 0.740 bits per heavy atom. The summed E-state index contributed by atoms with van der Waals surface area (Å²) in [5.74, 6) is 0. The summed E-state index contributed by atoms with van der Waals surface area (Å²) in [6.07, 6.45) is 0. The van der Waals surface area contributed by atoms with E-state index < -0.39 is 0 Å². The smallest absolute Gasteiger partial charge is 0.252 e. The van der Waals surface area contributed by atoms with Crippen molar-refractivity contribution >= 4 is 132 Å². The molecule has 100 heavy (non-hydrogen) atoms. The highest BCUT2D eigenvalue weighted by Crippen LogP contribution is 2.57. The van der Waals surface area contributed by atoms with Gasteiger partial charge < -0.3 is 18.8 Å². The fraction of sp³-hybridized carbons (Fsp3) is 0.170. The third kappa shape index (κ3) is 9.76. The summed E-state index contributed by atoms with van der Waals surface area (Å²) in [5, 5.41) is 7.07. The molecular formula is C94H80BN3OS. The number of fused-ring (bicyclic) bond motifs is 14. The van der Waals surface area contributed by atoms with Crippen LogP contribution in [0.1, 0.15) is 105 Å². The highest BCUT2D eigenvalue weighted by molar-refractivity contribution is 7.26. The summed E-state index contributed by atoms with van der Waals surface area (Å²) in [6.45, 7) is 27.6. The first-order valence-corrected chi connectivity index (χ1v) is 36.3. The Morgan fingerprint density at radius 3 is 1.25 bits per heavy atom. The minimum atomic E-state index is -0.309. The van der Waals surface area contributed by atoms with Crippen molar-refractivity contribution in [1.29, 1.82) is 0 Å². The van der Waals surface area contributed by atoms with Crippen molar-refractivity contribution in [1.82, 2.24) is 4.57 Å². The summed E-state index contributed by atoms with van der Waals surface area (Å²) >= 11 is 1.90. The van der Waals surface area contributed by atoms with E-state index in [2.05, 4.69) is 364 Å². The van der Waals surface area contributed by atoms with Crippen molar-refractivity contribution in [2.45, 2.75) is 105 Å². The fourth-order valence-electron chi connectivity index (χ4n) is 16.4. The number of rotatable bonds is 7. The topological polar surface area (TPSA) is 24.6 Å². The molecule has 0 saturated heterocycles. The van der Waals surface area contributed by atoms with Crippen molar-refractivity contribution in [2.75, 3.05) is 9.80 Å². The zero-order chi connectivity index (χ0) is 68.5. The van der Waals surface area contributed by atoms with Crippen LogP contribution in [-0.2, 0) is 21.7 Å². The lowest BCUT2D eigenvalue weighted by Gasteiger charge is -2.45. The highest BCUT2D eigenvalue weighted by atomic mass is 32.1. The third-order valence-corrected chi connectivity index (χ3v) is 22.7. The summed E-state index contributed by atoms with van der Waals surface area (Å²) in [5.41, 5.74) is 29.3. The molecule has 0 atom stereocenters. The molecule has 0 saturated carbocycles. The Balaban J connectivity index is 1.06. The van der Waals surface area contributed by atoms with Gasteiger partial charge in [-0.25, -0.2) is 0 Å². The molecule has 6 heteroatoms. The van der Waals surface area contributed by atoms with Gasteiger partial charge in [0.25, 0.3) is 6.71 Å². The van der Waals surface area contributed by atoms with Gasteiger partial charge in [-0.1, -0.05) is 289 Å². The Kier molecular flexibility index (Phi) is 13.8. The van der Waals surface area contributed by atoms with E-state index in [0.29, 0.717) is 0 Å². The van der Waals surface area contributed by atoms with Gasteiger partial charge in [0.2, 0.25) is 0 Å². The highest BCUT2D eigenvalue weighted by Gasteiger charge is 2.48. The molecule has 0 bridgehead atoms. The number of benzene rings is 13. The minimum absolute atomic E-state index is 0.108. The Bertz CT molecular complexity index is 5860. The minimum Gasteiger partial charge on any atom is -0.454 e. The van der Waals surface area contributed by atoms with Crippen LogP contribution in [0, 0.1) is 0 Å². The normalized spacial score (nSPS) is 13.3. The molecule has 0 amide bonds. The third-order valence-electron chi connectivity index (χ3n) is 21.6. The van der Waals surface area contributed by atoms with Gasteiger partial charge in [-0.15, -0.1) is 11.3 Å². The molecule has 2 aliphatic heterocycles. The number of thiophene rings is 1. The lowest BCUT2D eigenvalue weighted by Crippen LogP contribution is -2.61. The monoisotopic (exact) mass is 1310 g/mol. The van der Waals surface area contributed by atoms with Crippen LogP contribution in [-0.4, -0.2) is 11.3 Å². The predicted molar refractivity (Wildman–Crippen MR) is 432 cm³/mol. The molecule has 0 N–H and O–H groups in total. The number of furan rings is 1. The molecule has 16 aromatic rings. The van der Waals surface area contributed by atoms with Crippen molar-refractivity contribution in [3.05, 3.63) is 289 Å². The van der Waals surface area contributed by atoms with Crippen molar-refractivity contribution in [2.24, 2.45) is 0 Å². The maximum atomic E-state index is 7.77. The second-order valence-electron chi connectivity index (χ2n) is 32.1. The molecule has 4 nitrogen and oxygen atoms in total. The van der Waals surface area contributed by atoms with Gasteiger partial charge in [0.1, 0.15) is 5.58 Å². The average Bonchev–Trinajstić information content (AvgIpc) is 1.08. The van der Waals surface area contributed by atoms with E-state index in [0.717, 1.165) is 95.1 Å². The number of nitrogens with zero attached hydrogens (tertiary/aromatic N) is 3. The first-order valence-electron chi connectivity index (χ1n) is 35.5. The summed E-state index contributed by atoms with van der Waals surface area (Å²) < 4.78 is 12.8. The first kappa shape index (κ1) is 61.7. The Labute approximate surface area is 591 Å². The van der Waals surface area contributed by atoms with Crippen LogP contribution in [0.4, 0.5) is 34.1 Å². The second kappa shape index (κ2) is 22.4. The molecule has 3 aromatic heterocycles. The molecule has 2 aliphatic rings. The first-order chi connectivity index (χ1) is 48.1. The fourth-order valence-corrected chi connectivity index (χ4v) is 17.5. The zero-order valence-corrected chi connectivity index (χ0v) is 60.0. The summed E-state index contributed by atoms with van der Waals surface area (Å²) in [7, 11) is 0. The van der Waals surface area contributed by atoms with Crippen molar-refractivity contribution in [3.8, 4) is 50.2 Å². The molecule has 0 unspecified atom stereocenters. The average molecular weight is 1310 g/mol. The Morgan fingerprint density at radius 1 is 0.310 bits per heavy atom.